The van der Waals surface area contributed by atoms with Gasteiger partial charge in [0.05, 0.1) is 15.9 Å². The Kier molecular flexibility index (Phi) is 2.15. The van der Waals surface area contributed by atoms with E-state index in [1.807, 2.05) is 0 Å². The van der Waals surface area contributed by atoms with Crippen molar-refractivity contribution in [2.45, 2.75) is 6.92 Å². The van der Waals surface area contributed by atoms with Crippen LogP contribution in [0.3, 0.4) is 0 Å². The van der Waals surface area contributed by atoms with E-state index in [9.17, 15) is 4.39 Å². The average molecular weight is 255 g/mol. The number of benzene rings is 1. The van der Waals surface area contributed by atoms with Gasteiger partial charge in [-0.2, -0.15) is 0 Å². The van der Waals surface area contributed by atoms with Crippen LogP contribution in [0.4, 0.5) is 10.1 Å². The molecule has 14 heavy (non-hydrogen) atoms. The predicted octanol–water partition coefficient (Wildman–Crippen LogP) is 3.03. The maximum atomic E-state index is 13.3. The number of pyridine rings is 1. The molecule has 0 unspecified atom stereocenters. The van der Waals surface area contributed by atoms with Gasteiger partial charge in [-0.3, -0.25) is 0 Å². The van der Waals surface area contributed by atoms with E-state index in [0.717, 1.165) is 4.47 Å². The summed E-state index contributed by atoms with van der Waals surface area (Å²) in [6.45, 7) is 1.78. The quantitative estimate of drug-likeness (QED) is 0.785. The monoisotopic (exact) mass is 254 g/mol. The maximum absolute atomic E-state index is 13.3. The lowest BCUT2D eigenvalue weighted by Crippen LogP contribution is -1.96. The summed E-state index contributed by atoms with van der Waals surface area (Å²) in [4.78, 5) is 4.13. The summed E-state index contributed by atoms with van der Waals surface area (Å²) in [6.07, 6.45) is 0. The highest BCUT2D eigenvalue weighted by atomic mass is 79.9. The van der Waals surface area contributed by atoms with Crippen molar-refractivity contribution in [1.29, 1.82) is 0 Å². The van der Waals surface area contributed by atoms with E-state index in [1.54, 1.807) is 19.1 Å². The van der Waals surface area contributed by atoms with Crippen LogP contribution in [0.15, 0.2) is 22.7 Å². The number of nitrogen functional groups attached to an aromatic ring is 1. The predicted molar refractivity (Wildman–Crippen MR) is 58.6 cm³/mol. The molecule has 1 aromatic carbocycles. The van der Waals surface area contributed by atoms with Gasteiger partial charge in [0.15, 0.2) is 0 Å². The van der Waals surface area contributed by atoms with Gasteiger partial charge in [-0.15, -0.1) is 0 Å². The fraction of sp³-hybridized carbons (Fsp3) is 0.100. The Hall–Kier alpha value is -1.16. The van der Waals surface area contributed by atoms with Crippen LogP contribution in [0.2, 0.25) is 0 Å². The highest BCUT2D eigenvalue weighted by Crippen LogP contribution is 2.30. The second kappa shape index (κ2) is 3.20. The third-order valence-electron chi connectivity index (χ3n) is 2.11. The zero-order chi connectivity index (χ0) is 10.3. The number of hydrogen-bond donors (Lipinski definition) is 1. The summed E-state index contributed by atoms with van der Waals surface area (Å²) >= 11 is 3.31. The number of fused-ring (bicyclic) bond motifs is 1. The van der Waals surface area contributed by atoms with Crippen LogP contribution in [0.1, 0.15) is 5.69 Å². The van der Waals surface area contributed by atoms with Gasteiger partial charge < -0.3 is 5.73 Å². The zero-order valence-electron chi connectivity index (χ0n) is 7.51. The van der Waals surface area contributed by atoms with Crippen molar-refractivity contribution in [3.05, 3.63) is 34.2 Å². The molecular formula is C10H8BrFN2. The summed E-state index contributed by atoms with van der Waals surface area (Å²) in [6, 6.07) is 4.75. The van der Waals surface area contributed by atoms with Gasteiger partial charge in [0.1, 0.15) is 11.3 Å². The molecule has 0 aliphatic rings. The van der Waals surface area contributed by atoms with Crippen molar-refractivity contribution >= 4 is 32.5 Å². The largest absolute Gasteiger partial charge is 0.397 e. The third-order valence-corrected chi connectivity index (χ3v) is 3.11. The zero-order valence-corrected chi connectivity index (χ0v) is 9.10. The number of aryl methyl sites for hydroxylation is 1. The van der Waals surface area contributed by atoms with Gasteiger partial charge in [0.25, 0.3) is 0 Å². The molecule has 1 aromatic heterocycles. The molecule has 0 aliphatic carbocycles. The third kappa shape index (κ3) is 1.26. The molecule has 0 amide bonds. The van der Waals surface area contributed by atoms with Gasteiger partial charge in [0, 0.05) is 5.39 Å². The number of para-hydroxylation sites is 1. The van der Waals surface area contributed by atoms with Crippen LogP contribution in [-0.4, -0.2) is 4.98 Å². The van der Waals surface area contributed by atoms with Crippen LogP contribution >= 0.6 is 15.9 Å². The van der Waals surface area contributed by atoms with Crippen molar-refractivity contribution < 1.29 is 4.39 Å². The molecule has 2 nitrogen and oxygen atoms in total. The van der Waals surface area contributed by atoms with Crippen LogP contribution in [0, 0.1) is 12.7 Å². The number of halogens is 2. The lowest BCUT2D eigenvalue weighted by Gasteiger charge is -2.07. The fourth-order valence-corrected chi connectivity index (χ4v) is 1.68. The van der Waals surface area contributed by atoms with Crippen molar-refractivity contribution in [3.8, 4) is 0 Å². The van der Waals surface area contributed by atoms with Gasteiger partial charge in [-0.05, 0) is 28.9 Å². The number of nitrogens with two attached hydrogens (primary N) is 1. The van der Waals surface area contributed by atoms with E-state index in [-0.39, 0.29) is 5.82 Å². The van der Waals surface area contributed by atoms with E-state index in [1.165, 1.54) is 6.07 Å². The number of rotatable bonds is 0. The van der Waals surface area contributed by atoms with E-state index >= 15 is 0 Å². The molecule has 4 heteroatoms. The summed E-state index contributed by atoms with van der Waals surface area (Å²) in [5.74, 6) is -0.343. The molecule has 0 fully saturated rings. The molecule has 0 atom stereocenters. The fourth-order valence-electron chi connectivity index (χ4n) is 1.38. The second-order valence-electron chi connectivity index (χ2n) is 3.06. The molecule has 0 bridgehead atoms. The van der Waals surface area contributed by atoms with Crippen LogP contribution in [-0.2, 0) is 0 Å². The van der Waals surface area contributed by atoms with Crippen LogP contribution in [0.25, 0.3) is 10.9 Å². The minimum absolute atomic E-state index is 0.325. The van der Waals surface area contributed by atoms with Crippen LogP contribution in [0.5, 0.6) is 0 Å². The Balaban J connectivity index is 2.98. The van der Waals surface area contributed by atoms with Gasteiger partial charge in [0.2, 0.25) is 0 Å². The number of aromatic nitrogens is 1. The van der Waals surface area contributed by atoms with E-state index in [2.05, 4.69) is 20.9 Å². The number of hydrogen-bond acceptors (Lipinski definition) is 2. The Morgan fingerprint density at radius 2 is 2.14 bits per heavy atom. The van der Waals surface area contributed by atoms with E-state index < -0.39 is 0 Å². The first kappa shape index (κ1) is 9.40. The van der Waals surface area contributed by atoms with Gasteiger partial charge in [-0.1, -0.05) is 12.1 Å². The lowest BCUT2D eigenvalue weighted by molar-refractivity contribution is 0.636. The smallest absolute Gasteiger partial charge is 0.149 e. The topological polar surface area (TPSA) is 38.9 Å². The molecular weight excluding hydrogens is 247 g/mol. The van der Waals surface area contributed by atoms with Crippen molar-refractivity contribution in [1.82, 2.24) is 4.98 Å². The normalized spacial score (nSPS) is 10.8. The SMILES string of the molecule is Cc1nc2c(F)cccc2c(N)c1Br. The molecule has 2 N–H and O–H groups in total. The van der Waals surface area contributed by atoms with Crippen molar-refractivity contribution in [3.63, 3.8) is 0 Å². The molecule has 0 saturated carbocycles. The molecule has 1 heterocycles. The Labute approximate surface area is 89.1 Å². The highest BCUT2D eigenvalue weighted by Gasteiger charge is 2.09. The molecule has 0 aliphatic heterocycles. The molecule has 0 radical (unpaired) electrons. The summed E-state index contributed by atoms with van der Waals surface area (Å²) in [7, 11) is 0. The number of anilines is 1. The molecule has 0 saturated heterocycles. The van der Waals surface area contributed by atoms with Crippen molar-refractivity contribution in [2.24, 2.45) is 0 Å². The minimum Gasteiger partial charge on any atom is -0.397 e. The maximum Gasteiger partial charge on any atom is 0.149 e. The minimum atomic E-state index is -0.343. The Morgan fingerprint density at radius 3 is 2.86 bits per heavy atom. The summed E-state index contributed by atoms with van der Waals surface area (Å²) < 4.78 is 14.1. The first-order valence-electron chi connectivity index (χ1n) is 4.11. The summed E-state index contributed by atoms with van der Waals surface area (Å²) in [5.41, 5.74) is 7.39. The van der Waals surface area contributed by atoms with Gasteiger partial charge >= 0.3 is 0 Å². The molecule has 72 valence electrons. The Bertz CT molecular complexity index is 511. The first-order chi connectivity index (χ1) is 6.61. The Morgan fingerprint density at radius 1 is 1.43 bits per heavy atom. The first-order valence-corrected chi connectivity index (χ1v) is 4.90. The van der Waals surface area contributed by atoms with E-state index in [4.69, 9.17) is 5.73 Å². The van der Waals surface area contributed by atoms with Crippen molar-refractivity contribution in [2.75, 3.05) is 5.73 Å². The lowest BCUT2D eigenvalue weighted by atomic mass is 10.1. The number of nitrogens with zero attached hydrogens (tertiary/aromatic N) is 1. The van der Waals surface area contributed by atoms with Gasteiger partial charge in [-0.25, -0.2) is 9.37 Å². The molecule has 0 spiro atoms. The second-order valence-corrected chi connectivity index (χ2v) is 3.85. The molecule has 2 aromatic rings. The highest BCUT2D eigenvalue weighted by molar-refractivity contribution is 9.10. The summed E-state index contributed by atoms with van der Waals surface area (Å²) in [5, 5.41) is 0.641. The van der Waals surface area contributed by atoms with Crippen LogP contribution < -0.4 is 5.73 Å². The van der Waals surface area contributed by atoms with E-state index in [0.29, 0.717) is 22.3 Å². The molecule has 2 rings (SSSR count). The standard InChI is InChI=1S/C10H8BrFN2/c1-5-8(11)9(13)6-3-2-4-7(12)10(6)14-5/h2-4H,1H3,(H2,13,14). The average Bonchev–Trinajstić information content (AvgIpc) is 2.17.